The Bertz CT molecular complexity index is 951. The first-order valence-corrected chi connectivity index (χ1v) is 9.22. The number of fused-ring (bicyclic) bond motifs is 1. The van der Waals surface area contributed by atoms with Crippen LogP contribution in [-0.2, 0) is 4.79 Å². The van der Waals surface area contributed by atoms with Crippen LogP contribution in [0.4, 0.5) is 5.69 Å². The monoisotopic (exact) mass is 362 g/mol. The van der Waals surface area contributed by atoms with E-state index >= 15 is 0 Å². The third-order valence-electron chi connectivity index (χ3n) is 5.36. The molecule has 1 aliphatic rings. The highest BCUT2D eigenvalue weighted by Gasteiger charge is 2.30. The van der Waals surface area contributed by atoms with E-state index in [-0.39, 0.29) is 17.7 Å². The molecule has 2 heterocycles. The van der Waals surface area contributed by atoms with Crippen molar-refractivity contribution in [3.8, 4) is 0 Å². The van der Waals surface area contributed by atoms with Crippen LogP contribution in [0, 0.1) is 5.92 Å². The molecule has 1 saturated heterocycles. The molecule has 0 radical (unpaired) electrons. The highest BCUT2D eigenvalue weighted by atomic mass is 16.3. The Hall–Kier alpha value is -3.08. The maximum Gasteiger partial charge on any atom is 0.257 e. The second-order valence-corrected chi connectivity index (χ2v) is 6.97. The molecule has 0 bridgehead atoms. The molecule has 0 spiro atoms. The first-order valence-electron chi connectivity index (χ1n) is 9.22. The van der Waals surface area contributed by atoms with E-state index in [0.717, 1.165) is 16.5 Å². The predicted molar refractivity (Wildman–Crippen MR) is 105 cm³/mol. The van der Waals surface area contributed by atoms with E-state index in [2.05, 4.69) is 12.1 Å². The van der Waals surface area contributed by atoms with Gasteiger partial charge in [0.05, 0.1) is 17.5 Å². The summed E-state index contributed by atoms with van der Waals surface area (Å²) < 4.78 is 4.99. The Morgan fingerprint density at radius 3 is 2.52 bits per heavy atom. The molecule has 0 unspecified atom stereocenters. The quantitative estimate of drug-likeness (QED) is 0.709. The summed E-state index contributed by atoms with van der Waals surface area (Å²) in [4.78, 5) is 29.0. The van der Waals surface area contributed by atoms with Gasteiger partial charge in [-0.3, -0.25) is 9.59 Å². The third kappa shape index (κ3) is 3.33. The van der Waals surface area contributed by atoms with Crippen molar-refractivity contribution in [2.24, 2.45) is 5.92 Å². The lowest BCUT2D eigenvalue weighted by atomic mass is 9.94. The third-order valence-corrected chi connectivity index (χ3v) is 5.36. The van der Waals surface area contributed by atoms with Crippen molar-refractivity contribution in [2.45, 2.75) is 12.8 Å². The number of carbonyl (C=O) groups excluding carboxylic acids is 2. The van der Waals surface area contributed by atoms with Crippen molar-refractivity contribution in [1.29, 1.82) is 0 Å². The molecule has 5 heteroatoms. The van der Waals surface area contributed by atoms with Crippen LogP contribution in [0.5, 0.6) is 0 Å². The van der Waals surface area contributed by atoms with Crippen LogP contribution in [-0.4, -0.2) is 36.9 Å². The highest BCUT2D eigenvalue weighted by molar-refractivity contribution is 6.04. The first-order chi connectivity index (χ1) is 13.1. The number of benzene rings is 2. The number of anilines is 1. The van der Waals surface area contributed by atoms with Crippen LogP contribution >= 0.6 is 0 Å². The van der Waals surface area contributed by atoms with Crippen LogP contribution in [0.15, 0.2) is 65.5 Å². The number of carbonyl (C=O) groups is 2. The molecule has 1 aliphatic heterocycles. The van der Waals surface area contributed by atoms with Gasteiger partial charge in [-0.2, -0.15) is 0 Å². The molecule has 0 N–H and O–H groups in total. The van der Waals surface area contributed by atoms with E-state index in [4.69, 9.17) is 4.42 Å². The molecule has 0 saturated carbocycles. The van der Waals surface area contributed by atoms with E-state index in [9.17, 15) is 9.59 Å². The number of hydrogen-bond acceptors (Lipinski definition) is 3. The molecule has 2 aromatic carbocycles. The molecule has 138 valence electrons. The van der Waals surface area contributed by atoms with Crippen LogP contribution < -0.4 is 4.90 Å². The predicted octanol–water partition coefficient (Wildman–Crippen LogP) is 3.95. The van der Waals surface area contributed by atoms with E-state index in [0.29, 0.717) is 31.5 Å². The minimum atomic E-state index is -0.0673. The minimum Gasteiger partial charge on any atom is -0.472 e. The highest BCUT2D eigenvalue weighted by Crippen LogP contribution is 2.29. The standard InChI is InChI=1S/C22H22N2O3/c1-23(20-8-4-6-16-5-2-3-7-19(16)20)21(25)17-9-12-24(13-10-17)22(26)18-11-14-27-15-18/h2-8,11,14-15,17H,9-10,12-13H2,1H3. The van der Waals surface area contributed by atoms with Crippen molar-refractivity contribution in [3.05, 3.63) is 66.6 Å². The van der Waals surface area contributed by atoms with Crippen molar-refractivity contribution in [1.82, 2.24) is 4.90 Å². The zero-order chi connectivity index (χ0) is 18.8. The molecule has 27 heavy (non-hydrogen) atoms. The van der Waals surface area contributed by atoms with Gasteiger partial charge >= 0.3 is 0 Å². The Balaban J connectivity index is 1.45. The average molecular weight is 362 g/mol. The minimum absolute atomic E-state index is 0.0305. The van der Waals surface area contributed by atoms with Crippen molar-refractivity contribution in [3.63, 3.8) is 0 Å². The van der Waals surface area contributed by atoms with E-state index in [1.165, 1.54) is 12.5 Å². The van der Waals surface area contributed by atoms with Crippen LogP contribution in [0.2, 0.25) is 0 Å². The fourth-order valence-corrected chi connectivity index (χ4v) is 3.79. The fraction of sp³-hybridized carbons (Fsp3) is 0.273. The lowest BCUT2D eigenvalue weighted by molar-refractivity contribution is -0.123. The maximum atomic E-state index is 13.1. The summed E-state index contributed by atoms with van der Waals surface area (Å²) in [6.45, 7) is 1.17. The Morgan fingerprint density at radius 1 is 1.04 bits per heavy atom. The van der Waals surface area contributed by atoms with E-state index in [1.54, 1.807) is 15.9 Å². The first kappa shape index (κ1) is 17.3. The van der Waals surface area contributed by atoms with Gasteiger partial charge in [-0.25, -0.2) is 0 Å². The van der Waals surface area contributed by atoms with Gasteiger partial charge in [0, 0.05) is 31.4 Å². The van der Waals surface area contributed by atoms with Crippen molar-refractivity contribution >= 4 is 28.3 Å². The van der Waals surface area contributed by atoms with Gasteiger partial charge in [0.1, 0.15) is 6.26 Å². The van der Waals surface area contributed by atoms with E-state index < -0.39 is 0 Å². The fourth-order valence-electron chi connectivity index (χ4n) is 3.79. The largest absolute Gasteiger partial charge is 0.472 e. The van der Waals surface area contributed by atoms with Gasteiger partial charge in [0.25, 0.3) is 5.91 Å². The number of likely N-dealkylation sites (tertiary alicyclic amines) is 1. The van der Waals surface area contributed by atoms with Crippen molar-refractivity contribution < 1.29 is 14.0 Å². The smallest absolute Gasteiger partial charge is 0.257 e. The molecule has 5 nitrogen and oxygen atoms in total. The molecule has 0 aliphatic carbocycles. The molecule has 1 aromatic heterocycles. The SMILES string of the molecule is CN(C(=O)C1CCN(C(=O)c2ccoc2)CC1)c1cccc2ccccc12. The summed E-state index contributed by atoms with van der Waals surface area (Å²) in [5, 5.41) is 2.19. The molecule has 4 rings (SSSR count). The molecular weight excluding hydrogens is 340 g/mol. The van der Waals surface area contributed by atoms with E-state index in [1.807, 2.05) is 37.4 Å². The summed E-state index contributed by atoms with van der Waals surface area (Å²) in [6.07, 6.45) is 4.32. The van der Waals surface area contributed by atoms with Gasteiger partial charge in [0.2, 0.25) is 5.91 Å². The second-order valence-electron chi connectivity index (χ2n) is 6.97. The summed E-state index contributed by atoms with van der Waals surface area (Å²) >= 11 is 0. The normalized spacial score (nSPS) is 15.1. The number of piperidine rings is 1. The Kier molecular flexibility index (Phi) is 4.67. The average Bonchev–Trinajstić information content (AvgIpc) is 3.27. The molecule has 2 amide bonds. The van der Waals surface area contributed by atoms with Crippen molar-refractivity contribution in [2.75, 3.05) is 25.0 Å². The molecule has 3 aromatic rings. The number of rotatable bonds is 3. The molecule has 0 atom stereocenters. The molecular formula is C22H22N2O3. The van der Waals surface area contributed by atoms with Gasteiger partial charge in [-0.15, -0.1) is 0 Å². The summed E-state index contributed by atoms with van der Waals surface area (Å²) in [6, 6.07) is 15.8. The number of hydrogen-bond donors (Lipinski definition) is 0. The topological polar surface area (TPSA) is 53.8 Å². The zero-order valence-corrected chi connectivity index (χ0v) is 15.3. The van der Waals surface area contributed by atoms with Gasteiger partial charge in [-0.1, -0.05) is 36.4 Å². The second kappa shape index (κ2) is 7.27. The number of furan rings is 1. The lowest BCUT2D eigenvalue weighted by Crippen LogP contribution is -2.43. The summed E-state index contributed by atoms with van der Waals surface area (Å²) in [5.41, 5.74) is 1.49. The van der Waals surface area contributed by atoms with Gasteiger partial charge in [0.15, 0.2) is 0 Å². The summed E-state index contributed by atoms with van der Waals surface area (Å²) in [7, 11) is 1.84. The number of nitrogens with zero attached hydrogens (tertiary/aromatic N) is 2. The van der Waals surface area contributed by atoms with Gasteiger partial charge < -0.3 is 14.2 Å². The lowest BCUT2D eigenvalue weighted by Gasteiger charge is -2.33. The maximum absolute atomic E-state index is 13.1. The zero-order valence-electron chi connectivity index (χ0n) is 15.3. The molecule has 1 fully saturated rings. The Labute approximate surface area is 158 Å². The van der Waals surface area contributed by atoms with Crippen LogP contribution in [0.1, 0.15) is 23.2 Å². The Morgan fingerprint density at radius 2 is 1.78 bits per heavy atom. The number of amides is 2. The van der Waals surface area contributed by atoms with Gasteiger partial charge in [-0.05, 0) is 30.4 Å². The van der Waals surface area contributed by atoms with Crippen LogP contribution in [0.25, 0.3) is 10.8 Å². The summed E-state index contributed by atoms with van der Waals surface area (Å²) in [5.74, 6) is 0.0150. The van der Waals surface area contributed by atoms with Crippen LogP contribution in [0.3, 0.4) is 0 Å².